The Morgan fingerprint density at radius 1 is 1.31 bits per heavy atom. The zero-order valence-electron chi connectivity index (χ0n) is 10.7. The van der Waals surface area contributed by atoms with E-state index < -0.39 is 0 Å². The zero-order valence-corrected chi connectivity index (χ0v) is 10.7. The second-order valence-corrected chi connectivity index (χ2v) is 4.74. The highest BCUT2D eigenvalue weighted by Gasteiger charge is 2.23. The number of rotatable bonds is 3. The molecule has 0 spiro atoms. The molecule has 0 atom stereocenters. The number of nitrogens with zero attached hydrogens (tertiary/aromatic N) is 3. The van der Waals surface area contributed by atoms with Gasteiger partial charge in [-0.25, -0.2) is 0 Å². The van der Waals surface area contributed by atoms with Crippen LogP contribution in [0.25, 0.3) is 0 Å². The Bertz CT molecular complexity index is 335. The van der Waals surface area contributed by atoms with Crippen molar-refractivity contribution in [1.82, 2.24) is 14.7 Å². The fourth-order valence-corrected chi connectivity index (χ4v) is 2.81. The monoisotopic (exact) mass is 221 g/mol. The van der Waals surface area contributed by atoms with Gasteiger partial charge in [-0.2, -0.15) is 5.10 Å². The predicted molar refractivity (Wildman–Crippen MR) is 66.7 cm³/mol. The molecule has 16 heavy (non-hydrogen) atoms. The lowest BCUT2D eigenvalue weighted by Crippen LogP contribution is -2.33. The fourth-order valence-electron chi connectivity index (χ4n) is 2.81. The Hall–Kier alpha value is -0.830. The van der Waals surface area contributed by atoms with Crippen molar-refractivity contribution < 1.29 is 0 Å². The van der Waals surface area contributed by atoms with Crippen LogP contribution in [0.5, 0.6) is 0 Å². The Morgan fingerprint density at radius 3 is 2.56 bits per heavy atom. The number of hydrogen-bond donors (Lipinski definition) is 0. The maximum atomic E-state index is 4.40. The van der Waals surface area contributed by atoms with Gasteiger partial charge in [-0.1, -0.05) is 13.8 Å². The first-order chi connectivity index (χ1) is 7.76. The number of likely N-dealkylation sites (tertiary alicyclic amines) is 1. The quantitative estimate of drug-likeness (QED) is 0.780. The molecule has 0 amide bonds. The number of hydrogen-bond acceptors (Lipinski definition) is 2. The van der Waals surface area contributed by atoms with Crippen molar-refractivity contribution in [1.29, 1.82) is 0 Å². The molecule has 0 N–H and O–H groups in total. The van der Waals surface area contributed by atoms with Gasteiger partial charge in [0.25, 0.3) is 0 Å². The van der Waals surface area contributed by atoms with E-state index in [1.165, 1.54) is 43.7 Å². The molecule has 0 radical (unpaired) electrons. The van der Waals surface area contributed by atoms with Gasteiger partial charge in [0, 0.05) is 18.7 Å². The molecular weight excluding hydrogens is 198 g/mol. The topological polar surface area (TPSA) is 21.1 Å². The number of aryl methyl sites for hydroxylation is 2. The lowest BCUT2D eigenvalue weighted by molar-refractivity contribution is 0.218. The summed E-state index contributed by atoms with van der Waals surface area (Å²) in [7, 11) is 2.08. The first-order valence-electron chi connectivity index (χ1n) is 6.49. The van der Waals surface area contributed by atoms with Crippen LogP contribution in [0.4, 0.5) is 0 Å². The second kappa shape index (κ2) is 5.00. The molecule has 3 heteroatoms. The van der Waals surface area contributed by atoms with Crippen molar-refractivity contribution in [3.05, 3.63) is 17.5 Å². The van der Waals surface area contributed by atoms with Gasteiger partial charge in [-0.05, 0) is 44.5 Å². The van der Waals surface area contributed by atoms with E-state index in [-0.39, 0.29) is 0 Å². The van der Waals surface area contributed by atoms with Crippen molar-refractivity contribution in [3.63, 3.8) is 0 Å². The largest absolute Gasteiger partial charge is 0.304 e. The number of aromatic nitrogens is 2. The molecule has 0 bridgehead atoms. The molecule has 90 valence electrons. The lowest BCUT2D eigenvalue weighted by atomic mass is 9.90. The molecular formula is C13H23N3. The van der Waals surface area contributed by atoms with Crippen LogP contribution in [0, 0.1) is 0 Å². The minimum absolute atomic E-state index is 0.727. The van der Waals surface area contributed by atoms with Gasteiger partial charge in [0.15, 0.2) is 0 Å². The summed E-state index contributed by atoms with van der Waals surface area (Å²) in [5, 5.41) is 4.40. The number of piperidine rings is 1. The Balaban J connectivity index is 2.10. The Labute approximate surface area is 98.4 Å². The van der Waals surface area contributed by atoms with Gasteiger partial charge in [-0.3, -0.25) is 4.68 Å². The average Bonchev–Trinajstić information content (AvgIpc) is 2.70. The van der Waals surface area contributed by atoms with Crippen LogP contribution in [0.1, 0.15) is 43.9 Å². The van der Waals surface area contributed by atoms with Crippen LogP contribution < -0.4 is 0 Å². The van der Waals surface area contributed by atoms with E-state index in [2.05, 4.69) is 35.6 Å². The summed E-state index contributed by atoms with van der Waals surface area (Å²) in [6.45, 7) is 8.16. The van der Waals surface area contributed by atoms with Crippen LogP contribution in [-0.4, -0.2) is 34.3 Å². The highest BCUT2D eigenvalue weighted by atomic mass is 15.3. The Morgan fingerprint density at radius 2 is 2.00 bits per heavy atom. The van der Waals surface area contributed by atoms with E-state index in [1.807, 2.05) is 6.20 Å². The van der Waals surface area contributed by atoms with E-state index in [4.69, 9.17) is 0 Å². The Kier molecular flexibility index (Phi) is 3.64. The molecule has 0 saturated carbocycles. The molecule has 1 aliphatic heterocycles. The van der Waals surface area contributed by atoms with Crippen LogP contribution in [0.2, 0.25) is 0 Å². The molecule has 0 aliphatic carbocycles. The SMILES string of the molecule is CCc1cnn(C)c1C1CCN(CC)CC1. The molecule has 3 nitrogen and oxygen atoms in total. The molecule has 0 unspecified atom stereocenters. The van der Waals surface area contributed by atoms with Crippen LogP contribution in [0.15, 0.2) is 6.20 Å². The average molecular weight is 221 g/mol. The third kappa shape index (κ3) is 2.14. The minimum atomic E-state index is 0.727. The van der Waals surface area contributed by atoms with E-state index in [9.17, 15) is 0 Å². The molecule has 2 rings (SSSR count). The molecule has 1 fully saturated rings. The summed E-state index contributed by atoms with van der Waals surface area (Å²) in [5.41, 5.74) is 2.93. The maximum Gasteiger partial charge on any atom is 0.0524 e. The molecule has 0 aromatic carbocycles. The van der Waals surface area contributed by atoms with Crippen molar-refractivity contribution >= 4 is 0 Å². The summed E-state index contributed by atoms with van der Waals surface area (Å²) < 4.78 is 2.09. The van der Waals surface area contributed by atoms with Gasteiger partial charge < -0.3 is 4.90 Å². The lowest BCUT2D eigenvalue weighted by Gasteiger charge is -2.31. The molecule has 1 aliphatic rings. The highest BCUT2D eigenvalue weighted by molar-refractivity contribution is 5.22. The van der Waals surface area contributed by atoms with Gasteiger partial charge in [0.1, 0.15) is 0 Å². The first-order valence-corrected chi connectivity index (χ1v) is 6.49. The maximum absolute atomic E-state index is 4.40. The van der Waals surface area contributed by atoms with Crippen LogP contribution >= 0.6 is 0 Å². The normalized spacial score (nSPS) is 19.2. The molecule has 2 heterocycles. The van der Waals surface area contributed by atoms with Crippen molar-refractivity contribution in [2.75, 3.05) is 19.6 Å². The first kappa shape index (κ1) is 11.6. The molecule has 1 aromatic heterocycles. The summed E-state index contributed by atoms with van der Waals surface area (Å²) in [5.74, 6) is 0.727. The standard InChI is InChI=1S/C13H23N3/c1-4-11-10-14-15(3)13(11)12-6-8-16(5-2)9-7-12/h10,12H,4-9H2,1-3H3. The van der Waals surface area contributed by atoms with Gasteiger partial charge >= 0.3 is 0 Å². The van der Waals surface area contributed by atoms with E-state index in [0.29, 0.717) is 0 Å². The zero-order chi connectivity index (χ0) is 11.5. The van der Waals surface area contributed by atoms with Crippen LogP contribution in [-0.2, 0) is 13.5 Å². The molecule has 1 saturated heterocycles. The fraction of sp³-hybridized carbons (Fsp3) is 0.769. The minimum Gasteiger partial charge on any atom is -0.304 e. The summed E-state index contributed by atoms with van der Waals surface area (Å²) in [6.07, 6.45) is 5.74. The van der Waals surface area contributed by atoms with E-state index in [1.54, 1.807) is 0 Å². The second-order valence-electron chi connectivity index (χ2n) is 4.74. The summed E-state index contributed by atoms with van der Waals surface area (Å²) >= 11 is 0. The van der Waals surface area contributed by atoms with E-state index >= 15 is 0 Å². The molecule has 1 aromatic rings. The highest BCUT2D eigenvalue weighted by Crippen LogP contribution is 2.30. The predicted octanol–water partition coefficient (Wildman–Crippen LogP) is 2.18. The van der Waals surface area contributed by atoms with Crippen molar-refractivity contribution in [2.45, 2.75) is 39.0 Å². The van der Waals surface area contributed by atoms with Gasteiger partial charge in [-0.15, -0.1) is 0 Å². The third-order valence-electron chi connectivity index (χ3n) is 3.87. The van der Waals surface area contributed by atoms with Crippen LogP contribution in [0.3, 0.4) is 0 Å². The van der Waals surface area contributed by atoms with E-state index in [0.717, 1.165) is 12.3 Å². The van der Waals surface area contributed by atoms with Gasteiger partial charge in [0.05, 0.1) is 6.20 Å². The summed E-state index contributed by atoms with van der Waals surface area (Å²) in [6, 6.07) is 0. The van der Waals surface area contributed by atoms with Crippen molar-refractivity contribution in [3.8, 4) is 0 Å². The smallest absolute Gasteiger partial charge is 0.0524 e. The van der Waals surface area contributed by atoms with Crippen molar-refractivity contribution in [2.24, 2.45) is 7.05 Å². The van der Waals surface area contributed by atoms with Gasteiger partial charge in [0.2, 0.25) is 0 Å². The third-order valence-corrected chi connectivity index (χ3v) is 3.87. The summed E-state index contributed by atoms with van der Waals surface area (Å²) in [4.78, 5) is 2.54.